The first-order valence-electron chi connectivity index (χ1n) is 8.44. The van der Waals surface area contributed by atoms with Crippen LogP contribution in [0.2, 0.25) is 0 Å². The molecule has 0 aromatic carbocycles. The van der Waals surface area contributed by atoms with Gasteiger partial charge in [-0.25, -0.2) is 0 Å². The van der Waals surface area contributed by atoms with Gasteiger partial charge in [-0.05, 0) is 45.4 Å². The number of hydrogen-bond donors (Lipinski definition) is 0. The Kier molecular flexibility index (Phi) is 4.83. The van der Waals surface area contributed by atoms with Crippen LogP contribution in [0.15, 0.2) is 28.8 Å². The van der Waals surface area contributed by atoms with Gasteiger partial charge in [0.25, 0.3) is 0 Å². The maximum absolute atomic E-state index is 12.9. The summed E-state index contributed by atoms with van der Waals surface area (Å²) in [5.41, 5.74) is 0.993. The SMILES string of the molecule is Cc1cc([C@@H](C)C(=O)N2CCCN(c3cccnn3)CC2)c(C)o1. The van der Waals surface area contributed by atoms with Crippen molar-refractivity contribution in [1.29, 1.82) is 0 Å². The number of amides is 1. The van der Waals surface area contributed by atoms with Crippen LogP contribution in [0.25, 0.3) is 0 Å². The van der Waals surface area contributed by atoms with Crippen molar-refractivity contribution in [2.75, 3.05) is 31.1 Å². The standard InChI is InChI=1S/C18H24N4O2/c1-13-12-16(15(3)24-13)14(2)18(23)22-9-5-8-21(10-11-22)17-6-4-7-19-20-17/h4,6-7,12,14H,5,8-11H2,1-3H3/t14-/m1/s1. The highest BCUT2D eigenvalue weighted by Crippen LogP contribution is 2.25. The summed E-state index contributed by atoms with van der Waals surface area (Å²) in [7, 11) is 0. The van der Waals surface area contributed by atoms with E-state index in [0.29, 0.717) is 6.54 Å². The van der Waals surface area contributed by atoms with Gasteiger partial charge in [-0.3, -0.25) is 4.79 Å². The molecule has 2 aromatic heterocycles. The van der Waals surface area contributed by atoms with Crippen molar-refractivity contribution in [2.45, 2.75) is 33.1 Å². The van der Waals surface area contributed by atoms with Crippen LogP contribution in [-0.4, -0.2) is 47.2 Å². The van der Waals surface area contributed by atoms with E-state index in [1.165, 1.54) is 0 Å². The first kappa shape index (κ1) is 16.5. The zero-order valence-corrected chi connectivity index (χ0v) is 14.5. The molecular weight excluding hydrogens is 304 g/mol. The second kappa shape index (κ2) is 7.03. The van der Waals surface area contributed by atoms with Crippen molar-refractivity contribution in [2.24, 2.45) is 0 Å². The molecule has 1 amide bonds. The first-order chi connectivity index (χ1) is 11.6. The van der Waals surface area contributed by atoms with Crippen molar-refractivity contribution in [1.82, 2.24) is 15.1 Å². The molecule has 6 heteroatoms. The molecule has 0 unspecified atom stereocenters. The second-order valence-electron chi connectivity index (χ2n) is 6.34. The van der Waals surface area contributed by atoms with Gasteiger partial charge in [0.05, 0.1) is 5.92 Å². The quantitative estimate of drug-likeness (QED) is 0.866. The molecule has 3 rings (SSSR count). The van der Waals surface area contributed by atoms with Gasteiger partial charge >= 0.3 is 0 Å². The average Bonchev–Trinajstić information content (AvgIpc) is 2.79. The Labute approximate surface area is 142 Å². The minimum absolute atomic E-state index is 0.167. The Morgan fingerprint density at radius 1 is 1.25 bits per heavy atom. The minimum atomic E-state index is -0.175. The summed E-state index contributed by atoms with van der Waals surface area (Å²) in [5, 5.41) is 8.11. The Bertz CT molecular complexity index is 698. The molecule has 0 N–H and O–H groups in total. The lowest BCUT2D eigenvalue weighted by atomic mass is 10.00. The van der Waals surface area contributed by atoms with Crippen LogP contribution in [0.1, 0.15) is 36.3 Å². The summed E-state index contributed by atoms with van der Waals surface area (Å²) >= 11 is 0. The molecule has 1 atom stereocenters. The molecule has 3 heterocycles. The number of anilines is 1. The van der Waals surface area contributed by atoms with Crippen molar-refractivity contribution in [3.8, 4) is 0 Å². The Balaban J connectivity index is 1.67. The van der Waals surface area contributed by atoms with Crippen LogP contribution >= 0.6 is 0 Å². The molecule has 0 radical (unpaired) electrons. The maximum atomic E-state index is 12.9. The average molecular weight is 328 g/mol. The monoisotopic (exact) mass is 328 g/mol. The number of furan rings is 1. The fraction of sp³-hybridized carbons (Fsp3) is 0.500. The largest absolute Gasteiger partial charge is 0.466 e. The maximum Gasteiger partial charge on any atom is 0.230 e. The molecule has 0 saturated carbocycles. The van der Waals surface area contributed by atoms with E-state index in [-0.39, 0.29) is 11.8 Å². The molecule has 0 bridgehead atoms. The highest BCUT2D eigenvalue weighted by Gasteiger charge is 2.27. The number of aryl methyl sites for hydroxylation is 2. The van der Waals surface area contributed by atoms with Gasteiger partial charge < -0.3 is 14.2 Å². The Morgan fingerprint density at radius 3 is 2.75 bits per heavy atom. The second-order valence-corrected chi connectivity index (χ2v) is 6.34. The smallest absolute Gasteiger partial charge is 0.230 e. The Morgan fingerprint density at radius 2 is 2.08 bits per heavy atom. The molecule has 128 valence electrons. The van der Waals surface area contributed by atoms with E-state index < -0.39 is 0 Å². The third-order valence-corrected chi connectivity index (χ3v) is 4.61. The highest BCUT2D eigenvalue weighted by atomic mass is 16.3. The summed E-state index contributed by atoms with van der Waals surface area (Å²) in [6.45, 7) is 8.94. The molecule has 1 aliphatic heterocycles. The molecule has 0 spiro atoms. The van der Waals surface area contributed by atoms with E-state index in [9.17, 15) is 4.79 Å². The summed E-state index contributed by atoms with van der Waals surface area (Å²) < 4.78 is 5.58. The van der Waals surface area contributed by atoms with E-state index in [2.05, 4.69) is 15.1 Å². The molecule has 1 fully saturated rings. The number of rotatable bonds is 3. The van der Waals surface area contributed by atoms with Crippen molar-refractivity contribution >= 4 is 11.7 Å². The Hall–Kier alpha value is -2.37. The fourth-order valence-corrected chi connectivity index (χ4v) is 3.32. The summed E-state index contributed by atoms with van der Waals surface area (Å²) in [5.74, 6) is 2.56. The molecule has 6 nitrogen and oxygen atoms in total. The van der Waals surface area contributed by atoms with Gasteiger partial charge in [-0.2, -0.15) is 5.10 Å². The first-order valence-corrected chi connectivity index (χ1v) is 8.44. The van der Waals surface area contributed by atoms with E-state index in [1.807, 2.05) is 43.9 Å². The van der Waals surface area contributed by atoms with Crippen LogP contribution in [0, 0.1) is 13.8 Å². The lowest BCUT2D eigenvalue weighted by Crippen LogP contribution is -2.37. The summed E-state index contributed by atoms with van der Waals surface area (Å²) in [6, 6.07) is 5.83. The summed E-state index contributed by atoms with van der Waals surface area (Å²) in [4.78, 5) is 17.0. The number of nitrogens with zero attached hydrogens (tertiary/aromatic N) is 4. The van der Waals surface area contributed by atoms with Crippen molar-refractivity contribution in [3.05, 3.63) is 41.5 Å². The normalized spacial score (nSPS) is 16.8. The predicted molar refractivity (Wildman–Crippen MR) is 92.0 cm³/mol. The molecule has 24 heavy (non-hydrogen) atoms. The van der Waals surface area contributed by atoms with E-state index >= 15 is 0 Å². The topological polar surface area (TPSA) is 62.5 Å². The number of aromatic nitrogens is 2. The highest BCUT2D eigenvalue weighted by molar-refractivity contribution is 5.83. The molecule has 1 saturated heterocycles. The third-order valence-electron chi connectivity index (χ3n) is 4.61. The van der Waals surface area contributed by atoms with E-state index in [0.717, 1.165) is 49.0 Å². The van der Waals surface area contributed by atoms with Crippen LogP contribution < -0.4 is 4.90 Å². The van der Waals surface area contributed by atoms with Crippen molar-refractivity contribution in [3.63, 3.8) is 0 Å². The van der Waals surface area contributed by atoms with Crippen LogP contribution in [0.5, 0.6) is 0 Å². The lowest BCUT2D eigenvalue weighted by molar-refractivity contribution is -0.132. The number of carbonyl (C=O) groups is 1. The van der Waals surface area contributed by atoms with Crippen LogP contribution in [0.4, 0.5) is 5.82 Å². The predicted octanol–water partition coefficient (Wildman–Crippen LogP) is 2.53. The van der Waals surface area contributed by atoms with E-state index in [4.69, 9.17) is 4.42 Å². The molecule has 1 aliphatic rings. The van der Waals surface area contributed by atoms with Gasteiger partial charge in [0.1, 0.15) is 11.5 Å². The third kappa shape index (κ3) is 3.42. The molecule has 2 aromatic rings. The number of hydrogen-bond acceptors (Lipinski definition) is 5. The van der Waals surface area contributed by atoms with Gasteiger partial charge in [-0.15, -0.1) is 5.10 Å². The number of carbonyl (C=O) groups excluding carboxylic acids is 1. The van der Waals surface area contributed by atoms with Crippen LogP contribution in [-0.2, 0) is 4.79 Å². The molecular formula is C18H24N4O2. The lowest BCUT2D eigenvalue weighted by Gasteiger charge is -2.25. The molecule has 0 aliphatic carbocycles. The van der Waals surface area contributed by atoms with Gasteiger partial charge in [0.15, 0.2) is 5.82 Å². The summed E-state index contributed by atoms with van der Waals surface area (Å²) in [6.07, 6.45) is 2.60. The van der Waals surface area contributed by atoms with E-state index in [1.54, 1.807) is 6.20 Å². The van der Waals surface area contributed by atoms with Gasteiger partial charge in [0, 0.05) is 37.9 Å². The van der Waals surface area contributed by atoms with Gasteiger partial charge in [0.2, 0.25) is 5.91 Å². The zero-order valence-electron chi connectivity index (χ0n) is 14.5. The fourth-order valence-electron chi connectivity index (χ4n) is 3.32. The minimum Gasteiger partial charge on any atom is -0.466 e. The van der Waals surface area contributed by atoms with Crippen LogP contribution in [0.3, 0.4) is 0 Å². The van der Waals surface area contributed by atoms with Crippen molar-refractivity contribution < 1.29 is 9.21 Å². The zero-order chi connectivity index (χ0) is 17.1. The van der Waals surface area contributed by atoms with Gasteiger partial charge in [-0.1, -0.05) is 0 Å².